The maximum absolute atomic E-state index is 12.5. The average Bonchev–Trinajstić information content (AvgIpc) is 2.55. The maximum atomic E-state index is 12.5. The van der Waals surface area contributed by atoms with Gasteiger partial charge in [-0.05, 0) is 30.4 Å². The molecule has 1 saturated carbocycles. The van der Waals surface area contributed by atoms with Crippen molar-refractivity contribution in [3.05, 3.63) is 46.4 Å². The topological polar surface area (TPSA) is 99.3 Å². The van der Waals surface area contributed by atoms with Crippen LogP contribution in [0.4, 0.5) is 0 Å². The Labute approximate surface area is 132 Å². The molecule has 1 aromatic heterocycles. The Morgan fingerprint density at radius 2 is 1.83 bits per heavy atom. The first-order chi connectivity index (χ1) is 11.0. The number of H-pyrrole nitrogens is 1. The lowest BCUT2D eigenvalue weighted by molar-refractivity contribution is -0.145. The molecule has 0 radical (unpaired) electrons. The SMILES string of the molecule is O=C(NC1(C(=O)O)CCCCC1)c1cc2ccccc2c(=O)[nH]1. The van der Waals surface area contributed by atoms with E-state index in [1.807, 2.05) is 0 Å². The number of aromatic nitrogens is 1. The van der Waals surface area contributed by atoms with Gasteiger partial charge in [-0.3, -0.25) is 9.59 Å². The molecule has 3 N–H and O–H groups in total. The quantitative estimate of drug-likeness (QED) is 0.807. The normalized spacial score (nSPS) is 16.9. The minimum absolute atomic E-state index is 0.0832. The van der Waals surface area contributed by atoms with Crippen molar-refractivity contribution < 1.29 is 14.7 Å². The first-order valence-corrected chi connectivity index (χ1v) is 7.70. The monoisotopic (exact) mass is 314 g/mol. The predicted molar refractivity (Wildman–Crippen MR) is 85.5 cm³/mol. The Morgan fingerprint density at radius 3 is 2.52 bits per heavy atom. The fraction of sp³-hybridized carbons (Fsp3) is 0.353. The largest absolute Gasteiger partial charge is 0.480 e. The van der Waals surface area contributed by atoms with Gasteiger partial charge in [0.25, 0.3) is 11.5 Å². The predicted octanol–water partition coefficient (Wildman–Crippen LogP) is 2.05. The lowest BCUT2D eigenvalue weighted by atomic mass is 9.81. The van der Waals surface area contributed by atoms with E-state index >= 15 is 0 Å². The highest BCUT2D eigenvalue weighted by Gasteiger charge is 2.41. The maximum Gasteiger partial charge on any atom is 0.329 e. The van der Waals surface area contributed by atoms with Crippen LogP contribution in [0.3, 0.4) is 0 Å². The Bertz CT molecular complexity index is 819. The van der Waals surface area contributed by atoms with Crippen LogP contribution in [0.1, 0.15) is 42.6 Å². The molecule has 0 spiro atoms. The van der Waals surface area contributed by atoms with Crippen molar-refractivity contribution in [3.63, 3.8) is 0 Å². The zero-order valence-electron chi connectivity index (χ0n) is 12.6. The number of aliphatic carboxylic acids is 1. The summed E-state index contributed by atoms with van der Waals surface area (Å²) in [6, 6.07) is 8.52. The Balaban J connectivity index is 1.94. The summed E-state index contributed by atoms with van der Waals surface area (Å²) < 4.78 is 0. The minimum Gasteiger partial charge on any atom is -0.480 e. The van der Waals surface area contributed by atoms with Gasteiger partial charge in [0.15, 0.2) is 0 Å². The Hall–Kier alpha value is -2.63. The standard InChI is InChI=1S/C17H18N2O4/c20-14-12-7-3-2-6-11(12)10-13(18-14)15(21)19-17(16(22)23)8-4-1-5-9-17/h2-3,6-7,10H,1,4-5,8-9H2,(H,18,20)(H,19,21)(H,22,23). The van der Waals surface area contributed by atoms with Gasteiger partial charge < -0.3 is 15.4 Å². The number of carbonyl (C=O) groups excluding carboxylic acids is 1. The van der Waals surface area contributed by atoms with Crippen LogP contribution in [0, 0.1) is 0 Å². The van der Waals surface area contributed by atoms with E-state index < -0.39 is 17.4 Å². The van der Waals surface area contributed by atoms with Crippen LogP contribution in [0.25, 0.3) is 10.8 Å². The molecule has 1 aliphatic rings. The van der Waals surface area contributed by atoms with E-state index in [4.69, 9.17) is 0 Å². The number of hydrogen-bond donors (Lipinski definition) is 3. The fourth-order valence-corrected chi connectivity index (χ4v) is 3.17. The summed E-state index contributed by atoms with van der Waals surface area (Å²) in [5, 5.41) is 13.3. The van der Waals surface area contributed by atoms with E-state index in [-0.39, 0.29) is 11.3 Å². The second-order valence-electron chi connectivity index (χ2n) is 6.00. The van der Waals surface area contributed by atoms with Crippen LogP contribution in [0.5, 0.6) is 0 Å². The second-order valence-corrected chi connectivity index (χ2v) is 6.00. The third-order valence-corrected chi connectivity index (χ3v) is 4.47. The van der Waals surface area contributed by atoms with Gasteiger partial charge in [0.2, 0.25) is 0 Å². The highest BCUT2D eigenvalue weighted by atomic mass is 16.4. The molecule has 23 heavy (non-hydrogen) atoms. The molecule has 0 aliphatic heterocycles. The van der Waals surface area contributed by atoms with E-state index in [1.165, 1.54) is 0 Å². The highest BCUT2D eigenvalue weighted by Crippen LogP contribution is 2.28. The first kappa shape index (κ1) is 15.3. The van der Waals surface area contributed by atoms with Crippen LogP contribution in [0.15, 0.2) is 35.1 Å². The van der Waals surface area contributed by atoms with Crippen molar-refractivity contribution in [3.8, 4) is 0 Å². The molecule has 2 aromatic rings. The summed E-state index contributed by atoms with van der Waals surface area (Å²) in [5.41, 5.74) is -1.51. The number of aromatic amines is 1. The van der Waals surface area contributed by atoms with Crippen molar-refractivity contribution in [1.82, 2.24) is 10.3 Å². The number of carboxylic acid groups (broad SMARTS) is 1. The molecular formula is C17H18N2O4. The molecule has 1 aliphatic carbocycles. The number of benzene rings is 1. The van der Waals surface area contributed by atoms with E-state index in [1.54, 1.807) is 30.3 Å². The van der Waals surface area contributed by atoms with Crippen LogP contribution >= 0.6 is 0 Å². The van der Waals surface area contributed by atoms with E-state index in [2.05, 4.69) is 10.3 Å². The second kappa shape index (κ2) is 5.87. The molecule has 6 heteroatoms. The molecule has 0 saturated heterocycles. The van der Waals surface area contributed by atoms with Gasteiger partial charge in [-0.1, -0.05) is 37.5 Å². The zero-order valence-corrected chi connectivity index (χ0v) is 12.6. The molecule has 6 nitrogen and oxygen atoms in total. The van der Waals surface area contributed by atoms with Gasteiger partial charge >= 0.3 is 5.97 Å². The third-order valence-electron chi connectivity index (χ3n) is 4.47. The fourth-order valence-electron chi connectivity index (χ4n) is 3.17. The molecule has 1 fully saturated rings. The van der Waals surface area contributed by atoms with Crippen LogP contribution in [-0.2, 0) is 4.79 Å². The van der Waals surface area contributed by atoms with Gasteiger partial charge in [-0.25, -0.2) is 4.79 Å². The number of carboxylic acids is 1. The van der Waals surface area contributed by atoms with Gasteiger partial charge in [-0.15, -0.1) is 0 Å². The third kappa shape index (κ3) is 2.84. The molecule has 1 heterocycles. The summed E-state index contributed by atoms with van der Waals surface area (Å²) in [5.74, 6) is -1.58. The summed E-state index contributed by atoms with van der Waals surface area (Å²) in [7, 11) is 0. The van der Waals surface area contributed by atoms with Crippen LogP contribution in [-0.4, -0.2) is 27.5 Å². The molecule has 0 unspecified atom stereocenters. The molecule has 3 rings (SSSR count). The van der Waals surface area contributed by atoms with Gasteiger partial charge in [0, 0.05) is 5.39 Å². The lowest BCUT2D eigenvalue weighted by Gasteiger charge is -2.33. The molecular weight excluding hydrogens is 296 g/mol. The molecule has 1 amide bonds. The van der Waals surface area contributed by atoms with Crippen molar-refractivity contribution in [2.75, 3.05) is 0 Å². The Morgan fingerprint density at radius 1 is 1.13 bits per heavy atom. The summed E-state index contributed by atoms with van der Waals surface area (Å²) >= 11 is 0. The number of nitrogens with one attached hydrogen (secondary N) is 2. The number of hydrogen-bond acceptors (Lipinski definition) is 3. The van der Waals surface area contributed by atoms with E-state index in [9.17, 15) is 19.5 Å². The lowest BCUT2D eigenvalue weighted by Crippen LogP contribution is -2.55. The number of carbonyl (C=O) groups is 2. The summed E-state index contributed by atoms with van der Waals surface area (Å²) in [6.07, 6.45) is 3.32. The van der Waals surface area contributed by atoms with Crippen LogP contribution < -0.4 is 10.9 Å². The molecule has 0 atom stereocenters. The van der Waals surface area contributed by atoms with Crippen LogP contribution in [0.2, 0.25) is 0 Å². The van der Waals surface area contributed by atoms with Crippen molar-refractivity contribution in [1.29, 1.82) is 0 Å². The van der Waals surface area contributed by atoms with Crippen molar-refractivity contribution >= 4 is 22.6 Å². The molecule has 0 bridgehead atoms. The van der Waals surface area contributed by atoms with E-state index in [0.717, 1.165) is 19.3 Å². The number of fused-ring (bicyclic) bond motifs is 1. The smallest absolute Gasteiger partial charge is 0.329 e. The summed E-state index contributed by atoms with van der Waals surface area (Å²) in [6.45, 7) is 0. The molecule has 1 aromatic carbocycles. The van der Waals surface area contributed by atoms with Crippen molar-refractivity contribution in [2.45, 2.75) is 37.6 Å². The highest BCUT2D eigenvalue weighted by molar-refractivity contribution is 5.99. The van der Waals surface area contributed by atoms with Crippen molar-refractivity contribution in [2.24, 2.45) is 0 Å². The van der Waals surface area contributed by atoms with Gasteiger partial charge in [-0.2, -0.15) is 0 Å². The molecule has 120 valence electrons. The average molecular weight is 314 g/mol. The van der Waals surface area contributed by atoms with Gasteiger partial charge in [0.05, 0.1) is 0 Å². The van der Waals surface area contributed by atoms with Gasteiger partial charge in [0.1, 0.15) is 11.2 Å². The minimum atomic E-state index is -1.24. The number of amides is 1. The number of rotatable bonds is 3. The Kier molecular flexibility index (Phi) is 3.90. The van der Waals surface area contributed by atoms with E-state index in [0.29, 0.717) is 23.6 Å². The number of pyridine rings is 1. The summed E-state index contributed by atoms with van der Waals surface area (Å²) in [4.78, 5) is 38.7. The first-order valence-electron chi connectivity index (χ1n) is 7.70. The zero-order chi connectivity index (χ0) is 16.4.